The first-order valence-electron chi connectivity index (χ1n) is 12.3. The third-order valence-electron chi connectivity index (χ3n) is 6.35. The van der Waals surface area contributed by atoms with Gasteiger partial charge >= 0.3 is 0 Å². The molecule has 4 aromatic carbocycles. The fourth-order valence-corrected chi connectivity index (χ4v) is 5.51. The largest absolute Gasteiger partial charge is 0.412 e. The van der Waals surface area contributed by atoms with E-state index < -0.39 is 10.0 Å². The smallest absolute Gasteiger partial charge is 0.234 e. The van der Waals surface area contributed by atoms with Crippen molar-refractivity contribution in [3.8, 4) is 0 Å². The predicted octanol–water partition coefficient (Wildman–Crippen LogP) is 6.29. The fraction of sp³-hybridized carbons (Fsp3) is 0.0667. The van der Waals surface area contributed by atoms with E-state index in [1.165, 1.54) is 0 Å². The molecular weight excluding hydrogens is 590 g/mol. The first-order valence-corrected chi connectivity index (χ1v) is 13.9. The number of para-hydroxylation sites is 3. The standard InChI is InChI=1S/C30H25N5O2S.BrH.H2O/c36-38(37,20-19-32-27-17-18-31-26-10-4-1-7-23(26)27)35-22-15-13-21(14-16-22)33-30-24-8-2-5-11-28(24)34-29-12-6-3-9-25(29)30;;/h1-18,35H,19-20H2,(H,31,32)(H,33,34);1H;1H2. The van der Waals surface area contributed by atoms with Gasteiger partial charge in [0, 0.05) is 46.0 Å². The highest BCUT2D eigenvalue weighted by molar-refractivity contribution is 8.93. The number of halogens is 1. The Bertz CT molecular complexity index is 1820. The summed E-state index contributed by atoms with van der Waals surface area (Å²) >= 11 is 0. The zero-order valence-corrected chi connectivity index (χ0v) is 23.9. The molecule has 0 atom stereocenters. The van der Waals surface area contributed by atoms with Crippen LogP contribution in [0.4, 0.5) is 22.7 Å². The van der Waals surface area contributed by atoms with Crippen LogP contribution >= 0.6 is 17.0 Å². The number of nitrogens with one attached hydrogen (secondary N) is 3. The van der Waals surface area contributed by atoms with Gasteiger partial charge in [-0.3, -0.25) is 9.71 Å². The molecule has 0 unspecified atom stereocenters. The van der Waals surface area contributed by atoms with Crippen molar-refractivity contribution in [3.05, 3.63) is 109 Å². The molecule has 0 spiro atoms. The summed E-state index contributed by atoms with van der Waals surface area (Å²) in [6.45, 7) is 0.269. The summed E-state index contributed by atoms with van der Waals surface area (Å²) < 4.78 is 28.1. The second-order valence-corrected chi connectivity index (χ2v) is 10.8. The minimum Gasteiger partial charge on any atom is -0.412 e. The van der Waals surface area contributed by atoms with Crippen LogP contribution in [0.3, 0.4) is 0 Å². The summed E-state index contributed by atoms with van der Waals surface area (Å²) in [7, 11) is -3.54. The van der Waals surface area contributed by atoms with Gasteiger partial charge in [0.1, 0.15) is 0 Å². The van der Waals surface area contributed by atoms with E-state index in [4.69, 9.17) is 4.98 Å². The van der Waals surface area contributed by atoms with Gasteiger partial charge in [-0.1, -0.05) is 54.6 Å². The maximum atomic E-state index is 12.7. The average Bonchev–Trinajstić information content (AvgIpc) is 2.94. The lowest BCUT2D eigenvalue weighted by atomic mass is 10.1. The second kappa shape index (κ2) is 12.3. The number of hydrogen-bond acceptors (Lipinski definition) is 6. The summed E-state index contributed by atoms with van der Waals surface area (Å²) in [4.78, 5) is 9.11. The summed E-state index contributed by atoms with van der Waals surface area (Å²) in [5, 5.41) is 9.73. The quantitative estimate of drug-likeness (QED) is 0.172. The molecule has 40 heavy (non-hydrogen) atoms. The van der Waals surface area contributed by atoms with Crippen LogP contribution in [0.1, 0.15) is 0 Å². The Morgan fingerprint density at radius 2 is 1.20 bits per heavy atom. The molecule has 204 valence electrons. The number of aromatic nitrogens is 2. The molecule has 6 aromatic rings. The molecular formula is C30H28BrN5O3S. The predicted molar refractivity (Wildman–Crippen MR) is 171 cm³/mol. The number of rotatable bonds is 8. The molecule has 2 aromatic heterocycles. The molecule has 0 radical (unpaired) electrons. The Morgan fingerprint density at radius 1 is 0.650 bits per heavy atom. The van der Waals surface area contributed by atoms with E-state index in [1.807, 2.05) is 91.0 Å². The third kappa shape index (κ3) is 6.15. The van der Waals surface area contributed by atoms with Crippen LogP contribution in [0.5, 0.6) is 0 Å². The monoisotopic (exact) mass is 617 g/mol. The SMILES string of the molecule is Br.O.O=S(=O)(CCNc1ccnc2ccccc12)Nc1ccc(Nc2c3ccccc3nc3ccccc23)cc1. The van der Waals surface area contributed by atoms with Crippen LogP contribution in [0, 0.1) is 0 Å². The molecule has 0 bridgehead atoms. The van der Waals surface area contributed by atoms with Gasteiger partial charge in [0.25, 0.3) is 0 Å². The van der Waals surface area contributed by atoms with Gasteiger partial charge in [-0.2, -0.15) is 0 Å². The van der Waals surface area contributed by atoms with Crippen molar-refractivity contribution >= 4 is 82.5 Å². The highest BCUT2D eigenvalue weighted by Crippen LogP contribution is 2.33. The van der Waals surface area contributed by atoms with Gasteiger partial charge < -0.3 is 16.1 Å². The Labute approximate surface area is 242 Å². The van der Waals surface area contributed by atoms with E-state index in [9.17, 15) is 8.42 Å². The zero-order valence-electron chi connectivity index (χ0n) is 21.3. The van der Waals surface area contributed by atoms with Crippen LogP contribution in [0.15, 0.2) is 109 Å². The van der Waals surface area contributed by atoms with Crippen molar-refractivity contribution in [1.82, 2.24) is 9.97 Å². The van der Waals surface area contributed by atoms with Gasteiger partial charge in [-0.25, -0.2) is 13.4 Å². The molecule has 0 saturated carbocycles. The van der Waals surface area contributed by atoms with Crippen molar-refractivity contribution in [1.29, 1.82) is 0 Å². The minimum atomic E-state index is -3.54. The van der Waals surface area contributed by atoms with Gasteiger partial charge in [-0.05, 0) is 48.5 Å². The van der Waals surface area contributed by atoms with Crippen LogP contribution < -0.4 is 15.4 Å². The number of pyridine rings is 2. The van der Waals surface area contributed by atoms with E-state index in [0.717, 1.165) is 49.8 Å². The maximum Gasteiger partial charge on any atom is 0.234 e. The minimum absolute atomic E-state index is 0. The molecule has 10 heteroatoms. The van der Waals surface area contributed by atoms with Gasteiger partial charge in [0.05, 0.1) is 28.0 Å². The molecule has 6 rings (SSSR count). The van der Waals surface area contributed by atoms with E-state index in [2.05, 4.69) is 20.3 Å². The molecule has 8 nitrogen and oxygen atoms in total. The number of sulfonamides is 1. The number of nitrogens with zero attached hydrogens (tertiary/aromatic N) is 2. The highest BCUT2D eigenvalue weighted by atomic mass is 79.9. The van der Waals surface area contributed by atoms with Gasteiger partial charge in [0.15, 0.2) is 0 Å². The number of benzene rings is 4. The van der Waals surface area contributed by atoms with E-state index in [-0.39, 0.29) is 34.8 Å². The van der Waals surface area contributed by atoms with Gasteiger partial charge in [-0.15, -0.1) is 17.0 Å². The molecule has 0 aliphatic heterocycles. The van der Waals surface area contributed by atoms with Crippen molar-refractivity contribution < 1.29 is 13.9 Å². The molecule has 0 aliphatic carbocycles. The Hall–Kier alpha value is -4.25. The topological polar surface area (TPSA) is 128 Å². The maximum absolute atomic E-state index is 12.7. The molecule has 0 saturated heterocycles. The molecule has 0 amide bonds. The third-order valence-corrected chi connectivity index (χ3v) is 7.64. The zero-order chi connectivity index (χ0) is 26.0. The summed E-state index contributed by atoms with van der Waals surface area (Å²) in [5.74, 6) is -0.0708. The lowest BCUT2D eigenvalue weighted by Gasteiger charge is -2.14. The van der Waals surface area contributed by atoms with Gasteiger partial charge in [0.2, 0.25) is 10.0 Å². The average molecular weight is 619 g/mol. The number of anilines is 4. The van der Waals surface area contributed by atoms with E-state index in [1.54, 1.807) is 18.3 Å². The number of hydrogen-bond donors (Lipinski definition) is 3. The molecule has 0 fully saturated rings. The van der Waals surface area contributed by atoms with Crippen LogP contribution in [-0.4, -0.2) is 36.2 Å². The highest BCUT2D eigenvalue weighted by Gasteiger charge is 2.12. The Kier molecular flexibility index (Phi) is 8.83. The molecule has 2 heterocycles. The first kappa shape index (κ1) is 28.8. The summed E-state index contributed by atoms with van der Waals surface area (Å²) in [5.41, 5.74) is 5.86. The van der Waals surface area contributed by atoms with E-state index >= 15 is 0 Å². The van der Waals surface area contributed by atoms with E-state index in [0.29, 0.717) is 5.69 Å². The van der Waals surface area contributed by atoms with Crippen molar-refractivity contribution in [2.75, 3.05) is 27.7 Å². The Balaban J connectivity index is 0.00000185. The fourth-order valence-electron chi connectivity index (χ4n) is 4.54. The van der Waals surface area contributed by atoms with Crippen molar-refractivity contribution in [2.45, 2.75) is 0 Å². The first-order chi connectivity index (χ1) is 18.6. The number of fused-ring (bicyclic) bond motifs is 3. The van der Waals surface area contributed by atoms with Crippen LogP contribution in [-0.2, 0) is 10.0 Å². The molecule has 5 N–H and O–H groups in total. The lowest BCUT2D eigenvalue weighted by molar-refractivity contribution is 0.601. The van der Waals surface area contributed by atoms with Crippen LogP contribution in [0.25, 0.3) is 32.7 Å². The second-order valence-electron chi connectivity index (χ2n) is 8.95. The molecule has 0 aliphatic rings. The van der Waals surface area contributed by atoms with Crippen LogP contribution in [0.2, 0.25) is 0 Å². The normalized spacial score (nSPS) is 11.0. The van der Waals surface area contributed by atoms with Crippen molar-refractivity contribution in [3.63, 3.8) is 0 Å². The van der Waals surface area contributed by atoms with Crippen molar-refractivity contribution in [2.24, 2.45) is 0 Å². The summed E-state index contributed by atoms with van der Waals surface area (Å²) in [6, 6.07) is 32.9. The lowest BCUT2D eigenvalue weighted by Crippen LogP contribution is -2.22. The summed E-state index contributed by atoms with van der Waals surface area (Å²) in [6.07, 6.45) is 1.71. The Morgan fingerprint density at radius 3 is 1.85 bits per heavy atom.